The van der Waals surface area contributed by atoms with E-state index in [-0.39, 0.29) is 10.9 Å². The van der Waals surface area contributed by atoms with Gasteiger partial charge in [0.1, 0.15) is 28.2 Å². The first kappa shape index (κ1) is 16.2. The Kier molecular flexibility index (Phi) is 3.87. The molecule has 0 spiro atoms. The number of hydrogen-bond acceptors (Lipinski definition) is 3. The maximum atomic E-state index is 14.6. The molecule has 126 valence electrons. The Morgan fingerprint density at radius 1 is 1.46 bits per heavy atom. The Morgan fingerprint density at radius 2 is 2.17 bits per heavy atom. The zero-order valence-corrected chi connectivity index (χ0v) is 14.0. The number of nitrogens with one attached hydrogen (secondary N) is 2. The van der Waals surface area contributed by atoms with Gasteiger partial charge in [-0.3, -0.25) is 9.59 Å². The molecule has 0 aliphatic rings. The molecule has 0 radical (unpaired) electrons. The quantitative estimate of drug-likeness (QED) is 0.772. The number of aromatic nitrogens is 3. The van der Waals surface area contributed by atoms with Crippen molar-refractivity contribution < 1.29 is 9.18 Å². The number of hydrogen-bond donors (Lipinski definition) is 2. The lowest BCUT2D eigenvalue weighted by Crippen LogP contribution is -2.25. The Labute approximate surface area is 137 Å². The predicted molar refractivity (Wildman–Crippen MR) is 90.7 cm³/mol. The Hall–Kier alpha value is -2.70. The van der Waals surface area contributed by atoms with Crippen molar-refractivity contribution in [2.75, 3.05) is 7.05 Å². The van der Waals surface area contributed by atoms with E-state index in [1.165, 1.54) is 19.3 Å². The van der Waals surface area contributed by atoms with E-state index in [2.05, 4.69) is 29.1 Å². The van der Waals surface area contributed by atoms with Crippen molar-refractivity contribution in [2.45, 2.75) is 20.3 Å². The van der Waals surface area contributed by atoms with Crippen molar-refractivity contribution >= 4 is 27.8 Å². The highest BCUT2D eigenvalue weighted by Gasteiger charge is 2.20. The first-order valence-corrected chi connectivity index (χ1v) is 7.76. The number of aryl methyl sites for hydroxylation is 1. The van der Waals surface area contributed by atoms with Crippen molar-refractivity contribution in [1.29, 1.82) is 0 Å². The highest BCUT2D eigenvalue weighted by Crippen LogP contribution is 2.26. The van der Waals surface area contributed by atoms with Crippen LogP contribution in [0, 0.1) is 11.7 Å². The summed E-state index contributed by atoms with van der Waals surface area (Å²) in [5, 5.41) is 2.52. The van der Waals surface area contributed by atoms with Crippen molar-refractivity contribution in [1.82, 2.24) is 19.9 Å². The SMILES string of the molecule is CNC(=O)c1c[nH]c2c(cc(F)c3c2nc(CC(C)C)n3C)c1=O. The van der Waals surface area contributed by atoms with Crippen LogP contribution in [0.4, 0.5) is 4.39 Å². The maximum absolute atomic E-state index is 14.6. The van der Waals surface area contributed by atoms with Crippen LogP contribution >= 0.6 is 0 Å². The van der Waals surface area contributed by atoms with Crippen molar-refractivity contribution in [2.24, 2.45) is 13.0 Å². The van der Waals surface area contributed by atoms with E-state index in [0.717, 1.165) is 5.82 Å². The number of amides is 1. The largest absolute Gasteiger partial charge is 0.358 e. The van der Waals surface area contributed by atoms with Crippen molar-refractivity contribution in [3.63, 3.8) is 0 Å². The van der Waals surface area contributed by atoms with Crippen LogP contribution in [-0.4, -0.2) is 27.5 Å². The van der Waals surface area contributed by atoms with Crippen molar-refractivity contribution in [3.8, 4) is 0 Å². The van der Waals surface area contributed by atoms with Gasteiger partial charge >= 0.3 is 0 Å². The van der Waals surface area contributed by atoms with Gasteiger partial charge in [0.15, 0.2) is 0 Å². The van der Waals surface area contributed by atoms with Gasteiger partial charge < -0.3 is 14.9 Å². The minimum absolute atomic E-state index is 0.0536. The Bertz CT molecular complexity index is 1020. The second-order valence-electron chi connectivity index (χ2n) is 6.27. The lowest BCUT2D eigenvalue weighted by molar-refractivity contribution is 0.0962. The van der Waals surface area contributed by atoms with Crippen molar-refractivity contribution in [3.05, 3.63) is 39.7 Å². The van der Waals surface area contributed by atoms with Gasteiger partial charge in [0.2, 0.25) is 5.43 Å². The summed E-state index contributed by atoms with van der Waals surface area (Å²) in [5.41, 5.74) is 0.627. The van der Waals surface area contributed by atoms with E-state index in [4.69, 9.17) is 0 Å². The molecule has 24 heavy (non-hydrogen) atoms. The third-order valence-electron chi connectivity index (χ3n) is 4.10. The standard InChI is InChI=1S/C17H19FN4O2/c1-8(2)5-12-21-14-13-9(6-11(18)15(14)22(12)4)16(23)10(7-20-13)17(24)19-3/h6-8H,5H2,1-4H3,(H,19,24)(H,20,23). The molecule has 0 bridgehead atoms. The van der Waals surface area contributed by atoms with E-state index < -0.39 is 17.2 Å². The highest BCUT2D eigenvalue weighted by molar-refractivity contribution is 6.05. The molecule has 0 aliphatic heterocycles. The molecule has 3 aromatic rings. The van der Waals surface area contributed by atoms with Gasteiger partial charge in [-0.25, -0.2) is 9.37 Å². The molecule has 0 atom stereocenters. The van der Waals surface area contributed by atoms with Gasteiger partial charge in [-0.1, -0.05) is 13.8 Å². The van der Waals surface area contributed by atoms with Crippen LogP contribution < -0.4 is 10.7 Å². The van der Waals surface area contributed by atoms with Gasteiger partial charge in [0.05, 0.1) is 10.9 Å². The van der Waals surface area contributed by atoms with Crippen LogP contribution in [0.1, 0.15) is 30.0 Å². The summed E-state index contributed by atoms with van der Waals surface area (Å²) in [6, 6.07) is 1.17. The smallest absolute Gasteiger partial charge is 0.256 e. The summed E-state index contributed by atoms with van der Waals surface area (Å²) in [6.45, 7) is 4.12. The maximum Gasteiger partial charge on any atom is 0.256 e. The van der Waals surface area contributed by atoms with E-state index in [9.17, 15) is 14.0 Å². The molecule has 7 heteroatoms. The number of H-pyrrole nitrogens is 1. The second-order valence-corrected chi connectivity index (χ2v) is 6.27. The molecule has 2 heterocycles. The second kappa shape index (κ2) is 5.74. The van der Waals surface area contributed by atoms with Gasteiger partial charge in [0.25, 0.3) is 5.91 Å². The van der Waals surface area contributed by atoms with E-state index in [1.807, 2.05) is 0 Å². The van der Waals surface area contributed by atoms with E-state index >= 15 is 0 Å². The molecule has 0 unspecified atom stereocenters. The van der Waals surface area contributed by atoms with E-state index in [0.29, 0.717) is 28.9 Å². The molecule has 1 aromatic carbocycles. The monoisotopic (exact) mass is 330 g/mol. The molecule has 6 nitrogen and oxygen atoms in total. The normalized spacial score (nSPS) is 11.6. The third-order valence-corrected chi connectivity index (χ3v) is 4.10. The molecule has 2 aromatic heterocycles. The molecule has 0 fully saturated rings. The number of halogens is 1. The third kappa shape index (κ3) is 2.36. The van der Waals surface area contributed by atoms with Gasteiger partial charge in [-0.15, -0.1) is 0 Å². The summed E-state index contributed by atoms with van der Waals surface area (Å²) < 4.78 is 16.3. The van der Waals surface area contributed by atoms with Crippen LogP contribution in [0.15, 0.2) is 17.1 Å². The number of imidazole rings is 1. The fraction of sp³-hybridized carbons (Fsp3) is 0.353. The molecule has 2 N–H and O–H groups in total. The molecule has 0 saturated heterocycles. The van der Waals surface area contributed by atoms with Crippen LogP contribution in [0.3, 0.4) is 0 Å². The number of pyridine rings is 1. The van der Waals surface area contributed by atoms with Gasteiger partial charge in [0, 0.05) is 26.7 Å². The van der Waals surface area contributed by atoms with Gasteiger partial charge in [-0.2, -0.15) is 0 Å². The summed E-state index contributed by atoms with van der Waals surface area (Å²) in [5.74, 6) is 0.0820. The molecular weight excluding hydrogens is 311 g/mol. The minimum atomic E-state index is -0.526. The van der Waals surface area contributed by atoms with Crippen LogP contribution in [-0.2, 0) is 13.5 Å². The Balaban J connectivity index is 2.37. The average molecular weight is 330 g/mol. The Morgan fingerprint density at radius 3 is 2.79 bits per heavy atom. The number of benzene rings is 1. The fourth-order valence-corrected chi connectivity index (χ4v) is 2.92. The van der Waals surface area contributed by atoms with Crippen LogP contribution in [0.2, 0.25) is 0 Å². The van der Waals surface area contributed by atoms with Crippen LogP contribution in [0.5, 0.6) is 0 Å². The van der Waals surface area contributed by atoms with Crippen LogP contribution in [0.25, 0.3) is 21.9 Å². The predicted octanol–water partition coefficient (Wildman–Crippen LogP) is 2.11. The number of aromatic amines is 1. The average Bonchev–Trinajstić information content (AvgIpc) is 2.85. The summed E-state index contributed by atoms with van der Waals surface area (Å²) in [6.07, 6.45) is 2.05. The lowest BCUT2D eigenvalue weighted by atomic mass is 10.1. The number of carbonyl (C=O) groups is 1. The summed E-state index contributed by atoms with van der Waals surface area (Å²) >= 11 is 0. The number of fused-ring (bicyclic) bond motifs is 3. The van der Waals surface area contributed by atoms with Gasteiger partial charge in [-0.05, 0) is 12.0 Å². The molecule has 1 amide bonds. The minimum Gasteiger partial charge on any atom is -0.358 e. The lowest BCUT2D eigenvalue weighted by Gasteiger charge is -2.06. The highest BCUT2D eigenvalue weighted by atomic mass is 19.1. The topological polar surface area (TPSA) is 79.8 Å². The van der Waals surface area contributed by atoms with E-state index in [1.54, 1.807) is 11.6 Å². The first-order valence-electron chi connectivity index (χ1n) is 7.76. The first-order chi connectivity index (χ1) is 11.3. The summed E-state index contributed by atoms with van der Waals surface area (Å²) in [4.78, 5) is 31.7. The number of rotatable bonds is 3. The molecule has 3 rings (SSSR count). The fourth-order valence-electron chi connectivity index (χ4n) is 2.92. The molecule has 0 aliphatic carbocycles. The molecular formula is C17H19FN4O2. The number of nitrogens with zero attached hydrogens (tertiary/aromatic N) is 2. The molecule has 0 saturated carbocycles. The summed E-state index contributed by atoms with van der Waals surface area (Å²) in [7, 11) is 3.20. The number of carbonyl (C=O) groups excluding carboxylic acids is 1. The zero-order valence-electron chi connectivity index (χ0n) is 14.0. The zero-order chi connectivity index (χ0) is 17.6.